The SMILES string of the molecule is CN=C(N=CN)[C@H]1c2n[nH]c(=O)c3cc(F)cc(c23)N[C@@H]1C1CCN(C2CCC(F)(F)CC2)CC1. The van der Waals surface area contributed by atoms with Crippen molar-refractivity contribution < 1.29 is 13.2 Å². The number of likely N-dealkylation sites (tertiary alicyclic amines) is 1. The molecule has 3 aliphatic rings. The van der Waals surface area contributed by atoms with Crippen molar-refractivity contribution in [3.8, 4) is 0 Å². The van der Waals surface area contributed by atoms with Crippen LogP contribution in [0.5, 0.6) is 0 Å². The number of piperidine rings is 1. The fourth-order valence-electron chi connectivity index (χ4n) is 6.12. The number of anilines is 1. The number of aromatic amines is 1. The topological polar surface area (TPSA) is 112 Å². The number of hydrogen-bond acceptors (Lipinski definition) is 5. The van der Waals surface area contributed by atoms with Gasteiger partial charge in [0.25, 0.3) is 5.56 Å². The normalized spacial score (nSPS) is 26.3. The van der Waals surface area contributed by atoms with E-state index in [1.807, 2.05) is 0 Å². The number of nitrogens with two attached hydrogens (primary N) is 1. The van der Waals surface area contributed by atoms with E-state index < -0.39 is 23.2 Å². The number of hydrogen-bond donors (Lipinski definition) is 3. The second kappa shape index (κ2) is 9.25. The molecule has 35 heavy (non-hydrogen) atoms. The zero-order chi connectivity index (χ0) is 24.7. The first-order chi connectivity index (χ1) is 16.8. The van der Waals surface area contributed by atoms with Crippen LogP contribution in [0.25, 0.3) is 10.8 Å². The van der Waals surface area contributed by atoms with E-state index >= 15 is 0 Å². The Morgan fingerprint density at radius 1 is 1.23 bits per heavy atom. The van der Waals surface area contributed by atoms with Crippen molar-refractivity contribution in [3.63, 3.8) is 0 Å². The van der Waals surface area contributed by atoms with Crippen molar-refractivity contribution in [1.29, 1.82) is 0 Å². The highest BCUT2D eigenvalue weighted by molar-refractivity contribution is 6.04. The third-order valence-electron chi connectivity index (χ3n) is 7.86. The summed E-state index contributed by atoms with van der Waals surface area (Å²) in [6.07, 6.45) is 3.80. The first-order valence-corrected chi connectivity index (χ1v) is 12.1. The molecule has 5 rings (SSSR count). The van der Waals surface area contributed by atoms with E-state index in [0.717, 1.165) is 25.9 Å². The molecule has 1 aromatic carbocycles. The van der Waals surface area contributed by atoms with E-state index in [-0.39, 0.29) is 36.2 Å². The average Bonchev–Trinajstić information content (AvgIpc) is 2.84. The van der Waals surface area contributed by atoms with Gasteiger partial charge in [0.2, 0.25) is 5.92 Å². The van der Waals surface area contributed by atoms with Crippen LogP contribution in [0.15, 0.2) is 26.9 Å². The third-order valence-corrected chi connectivity index (χ3v) is 7.86. The molecule has 188 valence electrons. The Morgan fingerprint density at radius 2 is 1.94 bits per heavy atom. The lowest BCUT2D eigenvalue weighted by Crippen LogP contribution is -2.49. The summed E-state index contributed by atoms with van der Waals surface area (Å²) >= 11 is 0. The molecule has 1 saturated carbocycles. The molecule has 11 heteroatoms. The van der Waals surface area contributed by atoms with Gasteiger partial charge in [-0.15, -0.1) is 0 Å². The van der Waals surface area contributed by atoms with Gasteiger partial charge >= 0.3 is 0 Å². The van der Waals surface area contributed by atoms with Crippen LogP contribution in [-0.4, -0.2) is 65.4 Å². The van der Waals surface area contributed by atoms with Gasteiger partial charge in [-0.05, 0) is 56.8 Å². The Hall–Kier alpha value is -2.95. The molecule has 2 fully saturated rings. The molecule has 1 aliphatic carbocycles. The van der Waals surface area contributed by atoms with E-state index in [0.29, 0.717) is 35.4 Å². The number of aliphatic imine (C=N–C) groups is 2. The Labute approximate surface area is 200 Å². The second-order valence-corrected chi connectivity index (χ2v) is 9.78. The zero-order valence-corrected chi connectivity index (χ0v) is 19.6. The molecule has 0 amide bonds. The molecule has 4 N–H and O–H groups in total. The Kier molecular flexibility index (Phi) is 6.29. The summed E-state index contributed by atoms with van der Waals surface area (Å²) in [5, 5.41) is 11.1. The van der Waals surface area contributed by atoms with Crippen LogP contribution >= 0.6 is 0 Å². The maximum atomic E-state index is 14.4. The molecule has 2 aliphatic heterocycles. The summed E-state index contributed by atoms with van der Waals surface area (Å²) in [6.45, 7) is 1.60. The predicted molar refractivity (Wildman–Crippen MR) is 130 cm³/mol. The van der Waals surface area contributed by atoms with Crippen molar-refractivity contribution in [2.24, 2.45) is 21.6 Å². The minimum atomic E-state index is -2.54. The molecular formula is C24H30F3N7O. The number of aromatic nitrogens is 2. The third kappa shape index (κ3) is 4.41. The van der Waals surface area contributed by atoms with Crippen LogP contribution in [-0.2, 0) is 0 Å². The maximum Gasteiger partial charge on any atom is 0.272 e. The van der Waals surface area contributed by atoms with Crippen molar-refractivity contribution in [3.05, 3.63) is 34.0 Å². The van der Waals surface area contributed by atoms with Crippen molar-refractivity contribution in [2.75, 3.05) is 25.5 Å². The highest BCUT2D eigenvalue weighted by Gasteiger charge is 2.43. The summed E-state index contributed by atoms with van der Waals surface area (Å²) in [6, 6.07) is 2.59. The fourth-order valence-corrected chi connectivity index (χ4v) is 6.12. The van der Waals surface area contributed by atoms with Gasteiger partial charge in [0.05, 0.1) is 23.3 Å². The number of nitrogens with one attached hydrogen (secondary N) is 2. The van der Waals surface area contributed by atoms with Gasteiger partial charge in [-0.2, -0.15) is 5.10 Å². The molecule has 1 saturated heterocycles. The highest BCUT2D eigenvalue weighted by atomic mass is 19.3. The zero-order valence-electron chi connectivity index (χ0n) is 19.6. The van der Waals surface area contributed by atoms with E-state index in [1.54, 1.807) is 7.05 Å². The largest absolute Gasteiger partial charge is 0.390 e. The van der Waals surface area contributed by atoms with E-state index in [1.165, 1.54) is 18.5 Å². The van der Waals surface area contributed by atoms with Gasteiger partial charge < -0.3 is 16.0 Å². The molecule has 1 aromatic heterocycles. The quantitative estimate of drug-likeness (QED) is 0.453. The lowest BCUT2D eigenvalue weighted by atomic mass is 9.76. The monoisotopic (exact) mass is 489 g/mol. The van der Waals surface area contributed by atoms with Gasteiger partial charge in [-0.25, -0.2) is 23.3 Å². The van der Waals surface area contributed by atoms with Crippen LogP contribution in [0.1, 0.15) is 50.1 Å². The number of amidine groups is 1. The highest BCUT2D eigenvalue weighted by Crippen LogP contribution is 2.43. The smallest absolute Gasteiger partial charge is 0.272 e. The minimum Gasteiger partial charge on any atom is -0.390 e. The summed E-state index contributed by atoms with van der Waals surface area (Å²) < 4.78 is 41.6. The second-order valence-electron chi connectivity index (χ2n) is 9.78. The molecule has 0 radical (unpaired) electrons. The molecule has 0 spiro atoms. The summed E-state index contributed by atoms with van der Waals surface area (Å²) in [5.41, 5.74) is 6.26. The molecule has 0 unspecified atom stereocenters. The Balaban J connectivity index is 1.45. The minimum absolute atomic E-state index is 0.0481. The van der Waals surface area contributed by atoms with E-state index in [4.69, 9.17) is 5.73 Å². The Bertz CT molecular complexity index is 1210. The summed E-state index contributed by atoms with van der Waals surface area (Å²) in [7, 11) is 1.63. The lowest BCUT2D eigenvalue weighted by Gasteiger charge is -2.45. The van der Waals surface area contributed by atoms with Crippen LogP contribution in [0.3, 0.4) is 0 Å². The summed E-state index contributed by atoms with van der Waals surface area (Å²) in [5.74, 6) is -2.80. The van der Waals surface area contributed by atoms with Crippen molar-refractivity contribution >= 4 is 28.6 Å². The molecule has 2 aromatic rings. The Morgan fingerprint density at radius 3 is 2.60 bits per heavy atom. The molecule has 2 atom stereocenters. The number of alkyl halides is 2. The number of benzene rings is 1. The molecule has 3 heterocycles. The number of H-pyrrole nitrogens is 1. The number of nitrogens with zero attached hydrogens (tertiary/aromatic N) is 4. The first-order valence-electron chi connectivity index (χ1n) is 12.1. The van der Waals surface area contributed by atoms with Gasteiger partial charge in [-0.1, -0.05) is 0 Å². The van der Waals surface area contributed by atoms with Gasteiger partial charge in [-0.3, -0.25) is 9.79 Å². The first kappa shape index (κ1) is 23.8. The maximum absolute atomic E-state index is 14.4. The van der Waals surface area contributed by atoms with Crippen molar-refractivity contribution in [1.82, 2.24) is 15.1 Å². The van der Waals surface area contributed by atoms with Crippen LogP contribution in [0.2, 0.25) is 0 Å². The number of rotatable bonds is 3. The summed E-state index contributed by atoms with van der Waals surface area (Å²) in [4.78, 5) is 23.4. The molecule has 8 nitrogen and oxygen atoms in total. The predicted octanol–water partition coefficient (Wildman–Crippen LogP) is 3.25. The number of halogens is 3. The van der Waals surface area contributed by atoms with E-state index in [2.05, 4.69) is 30.4 Å². The fraction of sp³-hybridized carbons (Fsp3) is 0.583. The standard InChI is InChI=1S/C24H30F3N7O/c1-29-22(30-12-28)19-20(13-4-8-34(9-5-13)15-2-6-24(26,27)7-3-15)31-17-11-14(25)10-16-18(17)21(19)32-33-23(16)35/h10-13,15,19-20,31H,2-9H2,1H3,(H,33,35)(H2,28,29,30)/t19-,20-/m1/s1. The van der Waals surface area contributed by atoms with Crippen molar-refractivity contribution in [2.45, 2.75) is 62.4 Å². The van der Waals surface area contributed by atoms with Crippen LogP contribution in [0, 0.1) is 11.7 Å². The van der Waals surface area contributed by atoms with Crippen LogP contribution < -0.4 is 16.6 Å². The lowest BCUT2D eigenvalue weighted by molar-refractivity contribution is -0.0570. The van der Waals surface area contributed by atoms with Crippen LogP contribution in [0.4, 0.5) is 18.9 Å². The van der Waals surface area contributed by atoms with Gasteiger partial charge in [0.1, 0.15) is 11.7 Å². The molecular weight excluding hydrogens is 459 g/mol. The van der Waals surface area contributed by atoms with Gasteiger partial charge in [0, 0.05) is 43.0 Å². The van der Waals surface area contributed by atoms with Gasteiger partial charge in [0.15, 0.2) is 0 Å². The average molecular weight is 490 g/mol. The van der Waals surface area contributed by atoms with E-state index in [9.17, 15) is 18.0 Å². The molecule has 0 bridgehead atoms.